The Kier molecular flexibility index (Phi) is 7.82. The van der Waals surface area contributed by atoms with Crippen molar-refractivity contribution in [2.75, 3.05) is 19.6 Å². The third kappa shape index (κ3) is 6.17. The molecule has 6 heteroatoms. The van der Waals surface area contributed by atoms with Crippen molar-refractivity contribution >= 4 is 17.7 Å². The summed E-state index contributed by atoms with van der Waals surface area (Å²) in [4.78, 5) is 40.2. The first-order chi connectivity index (χ1) is 15.0. The molecule has 2 aromatic rings. The van der Waals surface area contributed by atoms with Crippen LogP contribution in [0.1, 0.15) is 47.4 Å². The quantitative estimate of drug-likeness (QED) is 0.721. The first kappa shape index (κ1) is 22.5. The fourth-order valence-corrected chi connectivity index (χ4v) is 3.83. The van der Waals surface area contributed by atoms with Crippen molar-refractivity contribution in [1.29, 1.82) is 0 Å². The molecule has 0 spiro atoms. The van der Waals surface area contributed by atoms with Gasteiger partial charge in [-0.05, 0) is 48.9 Å². The summed E-state index contributed by atoms with van der Waals surface area (Å²) in [5, 5.41) is 5.91. The Bertz CT molecular complexity index is 875. The van der Waals surface area contributed by atoms with E-state index in [4.69, 9.17) is 0 Å². The average molecular weight is 422 g/mol. The second kappa shape index (κ2) is 10.8. The number of nitrogens with zero attached hydrogens (tertiary/aromatic N) is 1. The molecule has 0 saturated carbocycles. The number of carbonyl (C=O) groups is 3. The van der Waals surface area contributed by atoms with Crippen LogP contribution < -0.4 is 10.6 Å². The maximum Gasteiger partial charge on any atom is 0.253 e. The summed E-state index contributed by atoms with van der Waals surface area (Å²) >= 11 is 0. The van der Waals surface area contributed by atoms with Crippen molar-refractivity contribution in [3.8, 4) is 0 Å². The largest absolute Gasteiger partial charge is 0.354 e. The highest BCUT2D eigenvalue weighted by Crippen LogP contribution is 2.23. The topological polar surface area (TPSA) is 78.5 Å². The first-order valence-corrected chi connectivity index (χ1v) is 10.9. The minimum Gasteiger partial charge on any atom is -0.354 e. The number of likely N-dealkylation sites (tertiary alicyclic amines) is 1. The molecule has 3 amide bonds. The van der Waals surface area contributed by atoms with Gasteiger partial charge in [0.05, 0.1) is 0 Å². The Morgan fingerprint density at radius 2 is 1.45 bits per heavy atom. The predicted octanol–water partition coefficient (Wildman–Crippen LogP) is 3.11. The number of piperidine rings is 1. The molecule has 2 N–H and O–H groups in total. The van der Waals surface area contributed by atoms with E-state index in [1.807, 2.05) is 55.1 Å². The zero-order valence-electron chi connectivity index (χ0n) is 18.2. The van der Waals surface area contributed by atoms with Crippen LogP contribution in [0.25, 0.3) is 0 Å². The SMILES string of the molecule is CC(C)CNC(=O)C(NC(=O)c1ccccc1)C1CCN(C(=O)c2ccccc2)CC1. The van der Waals surface area contributed by atoms with Crippen LogP contribution in [0.15, 0.2) is 60.7 Å². The van der Waals surface area contributed by atoms with Crippen LogP contribution >= 0.6 is 0 Å². The lowest BCUT2D eigenvalue weighted by atomic mass is 9.88. The van der Waals surface area contributed by atoms with E-state index in [9.17, 15) is 14.4 Å². The lowest BCUT2D eigenvalue weighted by Gasteiger charge is -2.36. The monoisotopic (exact) mass is 421 g/mol. The maximum absolute atomic E-state index is 12.9. The van der Waals surface area contributed by atoms with E-state index in [1.54, 1.807) is 24.3 Å². The van der Waals surface area contributed by atoms with Gasteiger partial charge in [-0.25, -0.2) is 0 Å². The number of rotatable bonds is 7. The van der Waals surface area contributed by atoms with Crippen LogP contribution in [-0.4, -0.2) is 48.3 Å². The van der Waals surface area contributed by atoms with Gasteiger partial charge in [0.2, 0.25) is 5.91 Å². The van der Waals surface area contributed by atoms with E-state index in [0.29, 0.717) is 49.5 Å². The number of nitrogens with one attached hydrogen (secondary N) is 2. The second-order valence-electron chi connectivity index (χ2n) is 8.45. The van der Waals surface area contributed by atoms with Crippen LogP contribution in [0, 0.1) is 11.8 Å². The highest BCUT2D eigenvalue weighted by Gasteiger charge is 2.34. The summed E-state index contributed by atoms with van der Waals surface area (Å²) in [5.41, 5.74) is 1.20. The van der Waals surface area contributed by atoms with Gasteiger partial charge in [-0.15, -0.1) is 0 Å². The zero-order chi connectivity index (χ0) is 22.2. The maximum atomic E-state index is 12.9. The van der Waals surface area contributed by atoms with E-state index in [1.165, 1.54) is 0 Å². The van der Waals surface area contributed by atoms with Crippen molar-refractivity contribution in [2.45, 2.75) is 32.7 Å². The van der Waals surface area contributed by atoms with E-state index in [-0.39, 0.29) is 23.6 Å². The Balaban J connectivity index is 1.67. The van der Waals surface area contributed by atoms with Crippen LogP contribution in [0.4, 0.5) is 0 Å². The lowest BCUT2D eigenvalue weighted by molar-refractivity contribution is -0.124. The van der Waals surface area contributed by atoms with Gasteiger partial charge in [-0.3, -0.25) is 14.4 Å². The van der Waals surface area contributed by atoms with E-state index < -0.39 is 6.04 Å². The smallest absolute Gasteiger partial charge is 0.253 e. The van der Waals surface area contributed by atoms with Gasteiger partial charge in [0.25, 0.3) is 11.8 Å². The van der Waals surface area contributed by atoms with Gasteiger partial charge in [0.15, 0.2) is 0 Å². The van der Waals surface area contributed by atoms with Crippen molar-refractivity contribution in [3.63, 3.8) is 0 Å². The fourth-order valence-electron chi connectivity index (χ4n) is 3.83. The molecule has 0 aromatic heterocycles. The molecule has 0 radical (unpaired) electrons. The molecule has 1 aliphatic heterocycles. The molecule has 1 aliphatic rings. The van der Waals surface area contributed by atoms with E-state index in [2.05, 4.69) is 10.6 Å². The number of amides is 3. The summed E-state index contributed by atoms with van der Waals surface area (Å²) in [7, 11) is 0. The molecule has 164 valence electrons. The Labute approximate surface area is 184 Å². The van der Waals surface area contributed by atoms with Gasteiger partial charge < -0.3 is 15.5 Å². The van der Waals surface area contributed by atoms with Crippen LogP contribution in [-0.2, 0) is 4.79 Å². The summed E-state index contributed by atoms with van der Waals surface area (Å²) in [6.45, 7) is 5.75. The first-order valence-electron chi connectivity index (χ1n) is 10.9. The summed E-state index contributed by atoms with van der Waals surface area (Å²) in [5.74, 6) is -0.119. The molecule has 1 fully saturated rings. The van der Waals surface area contributed by atoms with E-state index >= 15 is 0 Å². The summed E-state index contributed by atoms with van der Waals surface area (Å²) < 4.78 is 0. The van der Waals surface area contributed by atoms with Crippen molar-refractivity contribution < 1.29 is 14.4 Å². The molecule has 1 atom stereocenters. The number of benzene rings is 2. The normalized spacial score (nSPS) is 15.4. The molecule has 3 rings (SSSR count). The average Bonchev–Trinajstić information content (AvgIpc) is 2.81. The Morgan fingerprint density at radius 1 is 0.903 bits per heavy atom. The van der Waals surface area contributed by atoms with Gasteiger partial charge in [-0.1, -0.05) is 50.2 Å². The summed E-state index contributed by atoms with van der Waals surface area (Å²) in [6.07, 6.45) is 1.32. The van der Waals surface area contributed by atoms with Crippen molar-refractivity contribution in [3.05, 3.63) is 71.8 Å². The molecule has 2 aromatic carbocycles. The van der Waals surface area contributed by atoms with Crippen LogP contribution in [0.5, 0.6) is 0 Å². The molecular formula is C25H31N3O3. The molecule has 6 nitrogen and oxygen atoms in total. The Morgan fingerprint density at radius 3 is 2.00 bits per heavy atom. The molecule has 1 heterocycles. The van der Waals surface area contributed by atoms with Gasteiger partial charge in [0, 0.05) is 30.8 Å². The number of hydrogen-bond donors (Lipinski definition) is 2. The molecular weight excluding hydrogens is 390 g/mol. The van der Waals surface area contributed by atoms with Crippen molar-refractivity contribution in [1.82, 2.24) is 15.5 Å². The molecule has 31 heavy (non-hydrogen) atoms. The lowest BCUT2D eigenvalue weighted by Crippen LogP contribution is -2.54. The molecule has 1 saturated heterocycles. The minimum absolute atomic E-state index is 0.00757. The molecule has 1 unspecified atom stereocenters. The standard InChI is InChI=1S/C25H31N3O3/c1-18(2)17-26-24(30)22(27-23(29)20-9-5-3-6-10-20)19-13-15-28(16-14-19)25(31)21-11-7-4-8-12-21/h3-12,18-19,22H,13-17H2,1-2H3,(H,26,30)(H,27,29). The summed E-state index contributed by atoms with van der Waals surface area (Å²) in [6, 6.07) is 17.5. The molecule has 0 bridgehead atoms. The highest BCUT2D eigenvalue weighted by atomic mass is 16.2. The van der Waals surface area contributed by atoms with Crippen molar-refractivity contribution in [2.24, 2.45) is 11.8 Å². The van der Waals surface area contributed by atoms with Gasteiger partial charge in [0.1, 0.15) is 6.04 Å². The van der Waals surface area contributed by atoms with Gasteiger partial charge >= 0.3 is 0 Å². The minimum atomic E-state index is -0.625. The highest BCUT2D eigenvalue weighted by molar-refractivity contribution is 5.97. The molecule has 0 aliphatic carbocycles. The fraction of sp³-hybridized carbons (Fsp3) is 0.400. The second-order valence-corrected chi connectivity index (χ2v) is 8.45. The Hall–Kier alpha value is -3.15. The van der Waals surface area contributed by atoms with Crippen LogP contribution in [0.3, 0.4) is 0 Å². The van der Waals surface area contributed by atoms with Crippen LogP contribution in [0.2, 0.25) is 0 Å². The zero-order valence-corrected chi connectivity index (χ0v) is 18.2. The third-order valence-electron chi connectivity index (χ3n) is 5.61. The predicted molar refractivity (Wildman–Crippen MR) is 121 cm³/mol. The number of carbonyl (C=O) groups excluding carboxylic acids is 3. The van der Waals surface area contributed by atoms with E-state index in [0.717, 1.165) is 0 Å². The van der Waals surface area contributed by atoms with Gasteiger partial charge in [-0.2, -0.15) is 0 Å². The third-order valence-corrected chi connectivity index (χ3v) is 5.61. The number of hydrogen-bond acceptors (Lipinski definition) is 3.